The van der Waals surface area contributed by atoms with E-state index in [1.807, 2.05) is 31.2 Å². The quantitative estimate of drug-likeness (QED) is 0.508. The second-order valence-corrected chi connectivity index (χ2v) is 2.48. The van der Waals surface area contributed by atoms with Crippen LogP contribution >= 0.6 is 0 Å². The fourth-order valence-electron chi connectivity index (χ4n) is 1.04. The van der Waals surface area contributed by atoms with E-state index < -0.39 is 0 Å². The molecule has 0 amide bonds. The maximum atomic E-state index is 3.96. The molecule has 2 nitrogen and oxygen atoms in total. The maximum Gasteiger partial charge on any atom is 0.0273 e. The Morgan fingerprint density at radius 1 is 1.46 bits per heavy atom. The highest BCUT2D eigenvalue weighted by atomic mass is 14.6. The highest BCUT2D eigenvalue weighted by molar-refractivity contribution is 5.73. The summed E-state index contributed by atoms with van der Waals surface area (Å²) >= 11 is 0. The Morgan fingerprint density at radius 3 is 2.69 bits per heavy atom. The molecule has 0 saturated carbocycles. The van der Waals surface area contributed by atoms with Crippen LogP contribution in [0, 0.1) is 0 Å². The van der Waals surface area contributed by atoms with Crippen molar-refractivity contribution in [2.24, 2.45) is 4.99 Å². The number of hydrogen-bond donors (Lipinski definition) is 0. The van der Waals surface area contributed by atoms with Gasteiger partial charge in [0, 0.05) is 18.6 Å². The second-order valence-electron chi connectivity index (χ2n) is 2.48. The first-order valence-corrected chi connectivity index (χ1v) is 4.07. The molecule has 0 N–H and O–H groups in total. The molecular formula is C11H12N2. The van der Waals surface area contributed by atoms with Gasteiger partial charge >= 0.3 is 0 Å². The maximum absolute atomic E-state index is 3.96. The molecule has 0 aliphatic heterocycles. The summed E-state index contributed by atoms with van der Waals surface area (Å²) in [7, 11) is 0. The molecule has 0 aliphatic carbocycles. The summed E-state index contributed by atoms with van der Waals surface area (Å²) in [6.07, 6.45) is 9.16. The Labute approximate surface area is 78.4 Å². The van der Waals surface area contributed by atoms with Crippen LogP contribution in [0.25, 0.3) is 5.57 Å². The second kappa shape index (κ2) is 5.04. The van der Waals surface area contributed by atoms with Crippen molar-refractivity contribution in [2.45, 2.75) is 6.92 Å². The topological polar surface area (TPSA) is 25.2 Å². The van der Waals surface area contributed by atoms with Crippen LogP contribution in [0.4, 0.5) is 0 Å². The summed E-state index contributed by atoms with van der Waals surface area (Å²) in [4.78, 5) is 7.62. The number of aliphatic imine (C=N–C) groups is 1. The zero-order valence-corrected chi connectivity index (χ0v) is 7.64. The van der Waals surface area contributed by atoms with Crippen molar-refractivity contribution in [1.29, 1.82) is 0 Å². The largest absolute Gasteiger partial charge is 0.272 e. The fraction of sp³-hybridized carbons (Fsp3) is 0.0909. The molecule has 13 heavy (non-hydrogen) atoms. The Morgan fingerprint density at radius 2 is 2.15 bits per heavy atom. The van der Waals surface area contributed by atoms with Crippen molar-refractivity contribution in [2.75, 3.05) is 0 Å². The minimum absolute atomic E-state index is 1.12. The monoisotopic (exact) mass is 172 g/mol. The van der Waals surface area contributed by atoms with E-state index in [2.05, 4.69) is 16.7 Å². The first-order valence-electron chi connectivity index (χ1n) is 4.07. The number of allylic oxidation sites excluding steroid dienone is 3. The van der Waals surface area contributed by atoms with Gasteiger partial charge in [0.25, 0.3) is 0 Å². The number of pyridine rings is 1. The van der Waals surface area contributed by atoms with Gasteiger partial charge in [0.05, 0.1) is 0 Å². The molecule has 0 aliphatic rings. The van der Waals surface area contributed by atoms with E-state index in [9.17, 15) is 0 Å². The highest BCUT2D eigenvalue weighted by Crippen LogP contribution is 2.13. The van der Waals surface area contributed by atoms with Crippen molar-refractivity contribution >= 4 is 12.3 Å². The zero-order valence-electron chi connectivity index (χ0n) is 7.64. The molecule has 0 fully saturated rings. The summed E-state index contributed by atoms with van der Waals surface area (Å²) in [6.45, 7) is 5.37. The van der Waals surface area contributed by atoms with Crippen LogP contribution in [0.3, 0.4) is 0 Å². The van der Waals surface area contributed by atoms with Gasteiger partial charge in [-0.3, -0.25) is 9.98 Å². The van der Waals surface area contributed by atoms with Crippen LogP contribution < -0.4 is 0 Å². The highest BCUT2D eigenvalue weighted by Gasteiger charge is 1.93. The van der Waals surface area contributed by atoms with Crippen LogP contribution in [0.2, 0.25) is 0 Å². The summed E-state index contributed by atoms with van der Waals surface area (Å²) in [5, 5.41) is 0. The standard InChI is InChI=1S/C11H12N2/c1-3-10(4-7-12-2)11-5-8-13-9-6-11/h3-9H,2H2,1H3/b7-4-,10-3+. The summed E-state index contributed by atoms with van der Waals surface area (Å²) in [5.74, 6) is 0. The zero-order chi connectivity index (χ0) is 9.52. The van der Waals surface area contributed by atoms with Gasteiger partial charge in [-0.2, -0.15) is 0 Å². The van der Waals surface area contributed by atoms with Gasteiger partial charge in [-0.05, 0) is 43.0 Å². The van der Waals surface area contributed by atoms with Crippen LogP contribution in [-0.4, -0.2) is 11.7 Å². The van der Waals surface area contributed by atoms with Crippen molar-refractivity contribution in [3.8, 4) is 0 Å². The van der Waals surface area contributed by atoms with Crippen molar-refractivity contribution < 1.29 is 0 Å². The van der Waals surface area contributed by atoms with Gasteiger partial charge in [0.15, 0.2) is 0 Å². The number of aromatic nitrogens is 1. The number of nitrogens with zero attached hydrogens (tertiary/aromatic N) is 2. The van der Waals surface area contributed by atoms with E-state index in [4.69, 9.17) is 0 Å². The predicted octanol–water partition coefficient (Wildman–Crippen LogP) is 2.70. The van der Waals surface area contributed by atoms with Gasteiger partial charge in [-0.25, -0.2) is 0 Å². The summed E-state index contributed by atoms with van der Waals surface area (Å²) in [5.41, 5.74) is 2.26. The lowest BCUT2D eigenvalue weighted by atomic mass is 10.1. The van der Waals surface area contributed by atoms with Crippen LogP contribution in [0.5, 0.6) is 0 Å². The normalized spacial score (nSPS) is 11.9. The molecule has 0 atom stereocenters. The molecule has 0 bridgehead atoms. The Kier molecular flexibility index (Phi) is 3.64. The van der Waals surface area contributed by atoms with Crippen molar-refractivity contribution in [1.82, 2.24) is 4.98 Å². The lowest BCUT2D eigenvalue weighted by molar-refractivity contribution is 1.32. The molecule has 1 aromatic rings. The van der Waals surface area contributed by atoms with Gasteiger partial charge in [0.2, 0.25) is 0 Å². The van der Waals surface area contributed by atoms with E-state index in [-0.39, 0.29) is 0 Å². The molecule has 0 unspecified atom stereocenters. The average Bonchev–Trinajstić information content (AvgIpc) is 2.21. The molecule has 0 spiro atoms. The molecule has 1 heterocycles. The lowest BCUT2D eigenvalue weighted by Gasteiger charge is -1.99. The molecule has 66 valence electrons. The van der Waals surface area contributed by atoms with Gasteiger partial charge in [0.1, 0.15) is 0 Å². The number of hydrogen-bond acceptors (Lipinski definition) is 2. The van der Waals surface area contributed by atoms with Gasteiger partial charge in [-0.15, -0.1) is 0 Å². The third-order valence-electron chi connectivity index (χ3n) is 1.68. The molecule has 1 rings (SSSR count). The van der Waals surface area contributed by atoms with Crippen LogP contribution in [0.1, 0.15) is 12.5 Å². The van der Waals surface area contributed by atoms with Gasteiger partial charge in [-0.1, -0.05) is 6.08 Å². The van der Waals surface area contributed by atoms with E-state index in [1.165, 1.54) is 0 Å². The first-order chi connectivity index (χ1) is 6.38. The van der Waals surface area contributed by atoms with E-state index in [1.54, 1.807) is 18.6 Å². The molecule has 1 aromatic heterocycles. The predicted molar refractivity (Wildman–Crippen MR) is 56.6 cm³/mol. The summed E-state index contributed by atoms with van der Waals surface area (Å²) in [6, 6.07) is 3.92. The Balaban J connectivity index is 2.92. The van der Waals surface area contributed by atoms with E-state index in [0.717, 1.165) is 11.1 Å². The van der Waals surface area contributed by atoms with Crippen molar-refractivity contribution in [3.05, 3.63) is 48.4 Å². The number of rotatable bonds is 3. The molecule has 0 aromatic carbocycles. The smallest absolute Gasteiger partial charge is 0.0273 e. The minimum Gasteiger partial charge on any atom is -0.272 e. The third-order valence-corrected chi connectivity index (χ3v) is 1.68. The van der Waals surface area contributed by atoms with Crippen LogP contribution in [-0.2, 0) is 0 Å². The minimum atomic E-state index is 1.12. The Bertz CT molecular complexity index is 323. The fourth-order valence-corrected chi connectivity index (χ4v) is 1.04. The van der Waals surface area contributed by atoms with Crippen LogP contribution in [0.15, 0.2) is 47.9 Å². The van der Waals surface area contributed by atoms with Gasteiger partial charge < -0.3 is 0 Å². The Hall–Kier alpha value is -1.70. The first kappa shape index (κ1) is 9.39. The molecule has 2 heteroatoms. The van der Waals surface area contributed by atoms with E-state index >= 15 is 0 Å². The molecule has 0 saturated heterocycles. The average molecular weight is 172 g/mol. The SMILES string of the molecule is C=N/C=C\C(=C/C)c1ccncc1. The molecular weight excluding hydrogens is 160 g/mol. The third kappa shape index (κ3) is 2.67. The summed E-state index contributed by atoms with van der Waals surface area (Å²) < 4.78 is 0. The lowest BCUT2D eigenvalue weighted by Crippen LogP contribution is -1.80. The van der Waals surface area contributed by atoms with Crippen molar-refractivity contribution in [3.63, 3.8) is 0 Å². The van der Waals surface area contributed by atoms with E-state index in [0.29, 0.717) is 0 Å². The molecule has 0 radical (unpaired) electrons.